The van der Waals surface area contributed by atoms with Crippen LogP contribution in [-0.2, 0) is 24.2 Å². The van der Waals surface area contributed by atoms with Gasteiger partial charge in [0.2, 0.25) is 0 Å². The Kier molecular flexibility index (Phi) is 4.07. The van der Waals surface area contributed by atoms with Crippen molar-refractivity contribution in [3.8, 4) is 0 Å². The summed E-state index contributed by atoms with van der Waals surface area (Å²) in [4.78, 5) is 7.78. The Labute approximate surface area is 101 Å². The lowest BCUT2D eigenvalue weighted by Gasteiger charge is -2.09. The molecule has 1 heterocycles. The van der Waals surface area contributed by atoms with Crippen molar-refractivity contribution in [2.45, 2.75) is 45.6 Å². The molecule has 1 aromatic heterocycles. The van der Waals surface area contributed by atoms with E-state index >= 15 is 0 Å². The molecule has 1 aliphatic rings. The maximum atomic E-state index is 5.36. The van der Waals surface area contributed by atoms with Crippen LogP contribution in [0.3, 0.4) is 0 Å². The van der Waals surface area contributed by atoms with E-state index in [0.717, 1.165) is 23.3 Å². The van der Waals surface area contributed by atoms with E-state index in [1.165, 1.54) is 30.5 Å². The number of hydrogen-bond acceptors (Lipinski definition) is 3. The summed E-state index contributed by atoms with van der Waals surface area (Å²) in [5, 5.41) is 0. The molecule has 0 unspecified atom stereocenters. The van der Waals surface area contributed by atoms with E-state index in [9.17, 15) is 0 Å². The predicted octanol–water partition coefficient (Wildman–Crippen LogP) is 2.94. The smallest absolute Gasteiger partial charge is 0.134 e. The van der Waals surface area contributed by atoms with Gasteiger partial charge < -0.3 is 9.72 Å². The molecule has 0 fully saturated rings. The normalized spacial score (nSPS) is 15.6. The quantitative estimate of drug-likeness (QED) is 0.650. The fraction of sp³-hybridized carbons (Fsp3) is 0.667. The molecule has 0 radical (unpaired) electrons. The van der Waals surface area contributed by atoms with E-state index in [2.05, 4.69) is 9.97 Å². The van der Waals surface area contributed by atoms with Crippen molar-refractivity contribution in [2.24, 2.45) is 0 Å². The van der Waals surface area contributed by atoms with Crippen LogP contribution in [0.25, 0.3) is 0 Å². The van der Waals surface area contributed by atoms with Crippen LogP contribution in [0.15, 0.2) is 0 Å². The monoisotopic (exact) mass is 238 g/mol. The molecule has 88 valence electrons. The lowest BCUT2D eigenvalue weighted by Crippen LogP contribution is -2.06. The molecule has 1 N–H and O–H groups in total. The van der Waals surface area contributed by atoms with Crippen molar-refractivity contribution >= 4 is 12.2 Å². The van der Waals surface area contributed by atoms with Gasteiger partial charge in [0.1, 0.15) is 17.1 Å². The van der Waals surface area contributed by atoms with Gasteiger partial charge in [-0.3, -0.25) is 0 Å². The zero-order valence-corrected chi connectivity index (χ0v) is 10.5. The predicted molar refractivity (Wildman–Crippen MR) is 66.0 cm³/mol. The van der Waals surface area contributed by atoms with Crippen molar-refractivity contribution in [1.82, 2.24) is 9.97 Å². The maximum absolute atomic E-state index is 5.36. The van der Waals surface area contributed by atoms with Gasteiger partial charge in [0.25, 0.3) is 0 Å². The molecule has 0 amide bonds. The van der Waals surface area contributed by atoms with Crippen LogP contribution >= 0.6 is 12.2 Å². The molecule has 0 bridgehead atoms. The zero-order chi connectivity index (χ0) is 11.4. The maximum Gasteiger partial charge on any atom is 0.134 e. The molecule has 1 aliphatic carbocycles. The first-order chi connectivity index (χ1) is 7.81. The molecule has 2 rings (SSSR count). The third kappa shape index (κ3) is 2.68. The van der Waals surface area contributed by atoms with Gasteiger partial charge in [-0.05, 0) is 32.6 Å². The van der Waals surface area contributed by atoms with Gasteiger partial charge in [0.05, 0.1) is 0 Å². The number of hydrogen-bond donors (Lipinski definition) is 1. The Morgan fingerprint density at radius 1 is 1.31 bits per heavy atom. The number of aryl methyl sites for hydroxylation is 1. The third-order valence-corrected chi connectivity index (χ3v) is 3.29. The summed E-state index contributed by atoms with van der Waals surface area (Å²) >= 11 is 5.35. The summed E-state index contributed by atoms with van der Waals surface area (Å²) in [7, 11) is 0. The molecule has 0 saturated carbocycles. The first-order valence-electron chi connectivity index (χ1n) is 6.00. The molecule has 0 aliphatic heterocycles. The van der Waals surface area contributed by atoms with Crippen LogP contribution in [0.4, 0.5) is 0 Å². The number of H-pyrrole nitrogens is 1. The molecule has 0 aromatic carbocycles. The van der Waals surface area contributed by atoms with Gasteiger partial charge in [0, 0.05) is 17.9 Å². The minimum absolute atomic E-state index is 0.535. The van der Waals surface area contributed by atoms with Crippen molar-refractivity contribution in [3.63, 3.8) is 0 Å². The van der Waals surface area contributed by atoms with Crippen LogP contribution in [0.1, 0.15) is 43.3 Å². The molecule has 4 heteroatoms. The summed E-state index contributed by atoms with van der Waals surface area (Å²) in [5.41, 5.74) is 2.54. The van der Waals surface area contributed by atoms with E-state index in [-0.39, 0.29) is 0 Å². The van der Waals surface area contributed by atoms with Gasteiger partial charge >= 0.3 is 0 Å². The fourth-order valence-electron chi connectivity index (χ4n) is 2.12. The molecule has 0 saturated heterocycles. The summed E-state index contributed by atoms with van der Waals surface area (Å²) in [5.74, 6) is 0.868. The van der Waals surface area contributed by atoms with Crippen LogP contribution < -0.4 is 0 Å². The summed E-state index contributed by atoms with van der Waals surface area (Å²) < 4.78 is 6.13. The van der Waals surface area contributed by atoms with E-state index in [4.69, 9.17) is 17.0 Å². The molecule has 1 aromatic rings. The van der Waals surface area contributed by atoms with Crippen LogP contribution in [-0.4, -0.2) is 16.6 Å². The first-order valence-corrected chi connectivity index (χ1v) is 6.40. The van der Waals surface area contributed by atoms with E-state index in [1.54, 1.807) is 0 Å². The second-order valence-corrected chi connectivity index (χ2v) is 4.53. The molecular formula is C12H18N2OS. The number of nitrogens with zero attached hydrogens (tertiary/aromatic N) is 1. The second kappa shape index (κ2) is 5.55. The minimum Gasteiger partial charge on any atom is -0.374 e. The van der Waals surface area contributed by atoms with Crippen molar-refractivity contribution < 1.29 is 4.74 Å². The zero-order valence-electron chi connectivity index (χ0n) is 9.71. The van der Waals surface area contributed by atoms with E-state index < -0.39 is 0 Å². The first kappa shape index (κ1) is 11.7. The topological polar surface area (TPSA) is 37.9 Å². The Hall–Kier alpha value is -0.740. The van der Waals surface area contributed by atoms with Gasteiger partial charge in [0.15, 0.2) is 0 Å². The van der Waals surface area contributed by atoms with E-state index in [1.807, 2.05) is 6.92 Å². The van der Waals surface area contributed by atoms with Gasteiger partial charge in [-0.25, -0.2) is 4.98 Å². The van der Waals surface area contributed by atoms with Crippen molar-refractivity contribution in [1.29, 1.82) is 0 Å². The Bertz CT molecular complexity index is 414. The number of aromatic amines is 1. The second-order valence-electron chi connectivity index (χ2n) is 4.14. The van der Waals surface area contributed by atoms with Crippen molar-refractivity contribution in [2.75, 3.05) is 6.61 Å². The largest absolute Gasteiger partial charge is 0.374 e. The number of nitrogens with one attached hydrogen (secondary N) is 1. The SMILES string of the molecule is CCOCc1nc(=S)c2c([nH]1)CCCCC2. The fourth-order valence-corrected chi connectivity index (χ4v) is 2.45. The van der Waals surface area contributed by atoms with Crippen molar-refractivity contribution in [3.05, 3.63) is 21.7 Å². The average molecular weight is 238 g/mol. The molecule has 16 heavy (non-hydrogen) atoms. The minimum atomic E-state index is 0.535. The molecule has 3 nitrogen and oxygen atoms in total. The summed E-state index contributed by atoms with van der Waals surface area (Å²) in [6, 6.07) is 0. The Balaban J connectivity index is 2.28. The number of aromatic nitrogens is 2. The molecule has 0 spiro atoms. The van der Waals surface area contributed by atoms with Crippen LogP contribution in [0, 0.1) is 4.64 Å². The number of rotatable bonds is 3. The summed E-state index contributed by atoms with van der Waals surface area (Å²) in [6.07, 6.45) is 5.94. The third-order valence-electron chi connectivity index (χ3n) is 2.95. The van der Waals surface area contributed by atoms with Gasteiger partial charge in [-0.15, -0.1) is 0 Å². The Morgan fingerprint density at radius 3 is 2.94 bits per heavy atom. The lowest BCUT2D eigenvalue weighted by atomic mass is 10.1. The van der Waals surface area contributed by atoms with E-state index in [0.29, 0.717) is 13.2 Å². The van der Waals surface area contributed by atoms with Gasteiger partial charge in [-0.1, -0.05) is 18.6 Å². The highest BCUT2D eigenvalue weighted by atomic mass is 32.1. The Morgan fingerprint density at radius 2 is 2.12 bits per heavy atom. The standard InChI is InChI=1S/C12H18N2OS/c1-2-15-8-11-13-10-7-5-3-4-6-9(10)12(16)14-11/h2-8H2,1H3,(H,13,14,16). The molecular weight excluding hydrogens is 220 g/mol. The molecule has 0 atom stereocenters. The highest BCUT2D eigenvalue weighted by Gasteiger charge is 2.11. The lowest BCUT2D eigenvalue weighted by molar-refractivity contribution is 0.128. The van der Waals surface area contributed by atoms with Crippen LogP contribution in [0.5, 0.6) is 0 Å². The highest BCUT2D eigenvalue weighted by molar-refractivity contribution is 7.71. The van der Waals surface area contributed by atoms with Gasteiger partial charge in [-0.2, -0.15) is 0 Å². The average Bonchev–Trinajstić information content (AvgIpc) is 2.51. The highest BCUT2D eigenvalue weighted by Crippen LogP contribution is 2.19. The van der Waals surface area contributed by atoms with Crippen LogP contribution in [0.2, 0.25) is 0 Å². The number of fused-ring (bicyclic) bond motifs is 1. The number of ether oxygens (including phenoxy) is 1. The summed E-state index contributed by atoms with van der Waals surface area (Å²) in [6.45, 7) is 3.23.